The normalized spacial score (nSPS) is 11.0. The molecule has 1 nitrogen and oxygen atoms in total. The first-order valence-corrected chi connectivity index (χ1v) is 3.76. The highest BCUT2D eigenvalue weighted by atomic mass is 14.5. The Balaban J connectivity index is 3.54. The smallest absolute Gasteiger partial charge is 0.00911 e. The van der Waals surface area contributed by atoms with Gasteiger partial charge in [0.2, 0.25) is 0 Å². The van der Waals surface area contributed by atoms with Crippen molar-refractivity contribution in [1.82, 2.24) is 0 Å². The zero-order chi connectivity index (χ0) is 8.04. The number of hydrogen-bond donors (Lipinski definition) is 1. The van der Waals surface area contributed by atoms with Crippen molar-refractivity contribution in [3.05, 3.63) is 0 Å². The monoisotopic (exact) mass is 139 g/mol. The molecular formula is C9H17N. The summed E-state index contributed by atoms with van der Waals surface area (Å²) in [6, 6.07) is 0. The second-order valence-electron chi connectivity index (χ2n) is 3.41. The van der Waals surface area contributed by atoms with Crippen molar-refractivity contribution in [2.24, 2.45) is 11.1 Å². The van der Waals surface area contributed by atoms with Crippen LogP contribution in [0.1, 0.15) is 33.1 Å². The minimum absolute atomic E-state index is 0.334. The van der Waals surface area contributed by atoms with Gasteiger partial charge in [0.05, 0.1) is 0 Å². The number of rotatable bonds is 4. The third kappa shape index (κ3) is 4.40. The lowest BCUT2D eigenvalue weighted by Crippen LogP contribution is -2.16. The third-order valence-corrected chi connectivity index (χ3v) is 1.77. The molecule has 0 saturated heterocycles. The minimum Gasteiger partial charge on any atom is -0.330 e. The number of terminal acetylenes is 1. The van der Waals surface area contributed by atoms with Gasteiger partial charge in [-0.15, -0.1) is 12.3 Å². The van der Waals surface area contributed by atoms with Gasteiger partial charge in [-0.25, -0.2) is 0 Å². The van der Waals surface area contributed by atoms with Crippen LogP contribution in [0.15, 0.2) is 0 Å². The SMILES string of the molecule is C#CCCC(C)(C)CCN. The summed E-state index contributed by atoms with van der Waals surface area (Å²) < 4.78 is 0. The maximum atomic E-state index is 5.43. The summed E-state index contributed by atoms with van der Waals surface area (Å²) in [5.74, 6) is 2.64. The van der Waals surface area contributed by atoms with Crippen molar-refractivity contribution in [2.45, 2.75) is 33.1 Å². The van der Waals surface area contributed by atoms with E-state index in [1.165, 1.54) is 0 Å². The van der Waals surface area contributed by atoms with E-state index in [1.54, 1.807) is 0 Å². The molecule has 0 unspecified atom stereocenters. The van der Waals surface area contributed by atoms with Crippen molar-refractivity contribution >= 4 is 0 Å². The Morgan fingerprint density at radius 1 is 1.40 bits per heavy atom. The Hall–Kier alpha value is -0.480. The van der Waals surface area contributed by atoms with Crippen LogP contribution in [0.4, 0.5) is 0 Å². The first-order chi connectivity index (χ1) is 4.62. The summed E-state index contributed by atoms with van der Waals surface area (Å²) >= 11 is 0. The van der Waals surface area contributed by atoms with E-state index in [0.29, 0.717) is 5.41 Å². The van der Waals surface area contributed by atoms with Gasteiger partial charge in [-0.3, -0.25) is 0 Å². The standard InChI is InChI=1S/C9H17N/c1-4-5-6-9(2,3)7-8-10/h1H,5-8,10H2,2-3H3. The fraction of sp³-hybridized carbons (Fsp3) is 0.778. The van der Waals surface area contributed by atoms with Gasteiger partial charge >= 0.3 is 0 Å². The molecule has 0 aliphatic rings. The molecule has 58 valence electrons. The predicted molar refractivity (Wildman–Crippen MR) is 45.5 cm³/mol. The maximum absolute atomic E-state index is 5.43. The van der Waals surface area contributed by atoms with Crippen LogP contribution in [0.25, 0.3) is 0 Å². The van der Waals surface area contributed by atoms with E-state index in [2.05, 4.69) is 19.8 Å². The van der Waals surface area contributed by atoms with Gasteiger partial charge in [0.1, 0.15) is 0 Å². The lowest BCUT2D eigenvalue weighted by atomic mass is 9.85. The predicted octanol–water partition coefficient (Wildman–Crippen LogP) is 1.77. The molecule has 0 aromatic rings. The topological polar surface area (TPSA) is 26.0 Å². The van der Waals surface area contributed by atoms with E-state index >= 15 is 0 Å². The average molecular weight is 139 g/mol. The van der Waals surface area contributed by atoms with Crippen LogP contribution in [0.3, 0.4) is 0 Å². The van der Waals surface area contributed by atoms with Crippen molar-refractivity contribution in [3.8, 4) is 12.3 Å². The van der Waals surface area contributed by atoms with Crippen LogP contribution in [0.5, 0.6) is 0 Å². The molecular weight excluding hydrogens is 122 g/mol. The highest BCUT2D eigenvalue weighted by Gasteiger charge is 2.14. The molecule has 0 aliphatic carbocycles. The van der Waals surface area contributed by atoms with Gasteiger partial charge < -0.3 is 5.73 Å². The second-order valence-corrected chi connectivity index (χ2v) is 3.41. The molecule has 0 spiro atoms. The quantitative estimate of drug-likeness (QED) is 0.590. The van der Waals surface area contributed by atoms with E-state index in [-0.39, 0.29) is 0 Å². The Kier molecular flexibility index (Phi) is 4.14. The van der Waals surface area contributed by atoms with Crippen molar-refractivity contribution in [3.63, 3.8) is 0 Å². The first kappa shape index (κ1) is 9.52. The molecule has 0 aliphatic heterocycles. The molecule has 0 radical (unpaired) electrons. The molecule has 0 rings (SSSR count). The lowest BCUT2D eigenvalue weighted by Gasteiger charge is -2.22. The van der Waals surface area contributed by atoms with Gasteiger partial charge in [0.15, 0.2) is 0 Å². The number of hydrogen-bond acceptors (Lipinski definition) is 1. The van der Waals surface area contributed by atoms with E-state index in [4.69, 9.17) is 12.2 Å². The van der Waals surface area contributed by atoms with Gasteiger partial charge in [0, 0.05) is 6.42 Å². The van der Waals surface area contributed by atoms with Crippen molar-refractivity contribution < 1.29 is 0 Å². The van der Waals surface area contributed by atoms with E-state index in [9.17, 15) is 0 Å². The Bertz CT molecular complexity index is 119. The van der Waals surface area contributed by atoms with Gasteiger partial charge in [0.25, 0.3) is 0 Å². The van der Waals surface area contributed by atoms with Gasteiger partial charge in [-0.1, -0.05) is 13.8 Å². The summed E-state index contributed by atoms with van der Waals surface area (Å²) in [6.45, 7) is 5.17. The Morgan fingerprint density at radius 2 is 2.00 bits per heavy atom. The van der Waals surface area contributed by atoms with E-state index < -0.39 is 0 Å². The molecule has 0 amide bonds. The summed E-state index contributed by atoms with van der Waals surface area (Å²) in [5, 5.41) is 0. The Morgan fingerprint density at radius 3 is 2.40 bits per heavy atom. The molecule has 0 aromatic carbocycles. The molecule has 0 atom stereocenters. The third-order valence-electron chi connectivity index (χ3n) is 1.77. The van der Waals surface area contributed by atoms with Crippen LogP contribution in [-0.4, -0.2) is 6.54 Å². The van der Waals surface area contributed by atoms with Crippen LogP contribution in [0.2, 0.25) is 0 Å². The minimum atomic E-state index is 0.334. The fourth-order valence-electron chi connectivity index (χ4n) is 0.926. The lowest BCUT2D eigenvalue weighted by molar-refractivity contribution is 0.318. The van der Waals surface area contributed by atoms with Crippen LogP contribution in [0, 0.1) is 17.8 Å². The summed E-state index contributed by atoms with van der Waals surface area (Å²) in [4.78, 5) is 0. The van der Waals surface area contributed by atoms with Crippen molar-refractivity contribution in [2.75, 3.05) is 6.54 Å². The fourth-order valence-corrected chi connectivity index (χ4v) is 0.926. The van der Waals surface area contributed by atoms with Gasteiger partial charge in [-0.2, -0.15) is 0 Å². The molecule has 2 N–H and O–H groups in total. The summed E-state index contributed by atoms with van der Waals surface area (Å²) in [5.41, 5.74) is 5.77. The highest BCUT2D eigenvalue weighted by Crippen LogP contribution is 2.25. The summed E-state index contributed by atoms with van der Waals surface area (Å²) in [7, 11) is 0. The highest BCUT2D eigenvalue weighted by molar-refractivity contribution is 4.86. The Labute approximate surface area is 64.0 Å². The molecule has 0 heterocycles. The molecule has 10 heavy (non-hydrogen) atoms. The number of nitrogens with two attached hydrogens (primary N) is 1. The average Bonchev–Trinajstić information content (AvgIpc) is 1.84. The van der Waals surface area contributed by atoms with Crippen LogP contribution >= 0.6 is 0 Å². The largest absolute Gasteiger partial charge is 0.330 e. The van der Waals surface area contributed by atoms with Crippen molar-refractivity contribution in [1.29, 1.82) is 0 Å². The summed E-state index contributed by atoms with van der Waals surface area (Å²) in [6.07, 6.45) is 8.17. The van der Waals surface area contributed by atoms with Crippen LogP contribution in [-0.2, 0) is 0 Å². The molecule has 1 heteroatoms. The maximum Gasteiger partial charge on any atom is 0.00911 e. The molecule has 0 aromatic heterocycles. The van der Waals surface area contributed by atoms with Gasteiger partial charge in [-0.05, 0) is 24.8 Å². The second kappa shape index (κ2) is 4.35. The first-order valence-electron chi connectivity index (χ1n) is 3.76. The molecule has 0 saturated carbocycles. The zero-order valence-corrected chi connectivity index (χ0v) is 6.98. The van der Waals surface area contributed by atoms with E-state index in [1.807, 2.05) is 0 Å². The van der Waals surface area contributed by atoms with Crippen LogP contribution < -0.4 is 5.73 Å². The molecule has 0 fully saturated rings. The van der Waals surface area contributed by atoms with E-state index in [0.717, 1.165) is 25.8 Å². The molecule has 0 bridgehead atoms. The zero-order valence-electron chi connectivity index (χ0n) is 6.98.